The first-order chi connectivity index (χ1) is 9.29. The van der Waals surface area contributed by atoms with E-state index in [1.165, 1.54) is 0 Å². The smallest absolute Gasteiger partial charge is 0.416 e. The lowest BCUT2D eigenvalue weighted by atomic mass is 10.1. The molecule has 0 bridgehead atoms. The van der Waals surface area contributed by atoms with Gasteiger partial charge in [0, 0.05) is 5.56 Å². The van der Waals surface area contributed by atoms with Crippen molar-refractivity contribution in [1.29, 1.82) is 0 Å². The van der Waals surface area contributed by atoms with Gasteiger partial charge in [-0.2, -0.15) is 13.2 Å². The fourth-order valence-corrected chi connectivity index (χ4v) is 1.42. The van der Waals surface area contributed by atoms with Crippen LogP contribution in [0.3, 0.4) is 0 Å². The molecule has 0 atom stereocenters. The van der Waals surface area contributed by atoms with Crippen molar-refractivity contribution in [3.05, 3.63) is 45.9 Å². The molecular formula is C11H6F3N3O3. The zero-order chi connectivity index (χ0) is 14.9. The van der Waals surface area contributed by atoms with Gasteiger partial charge in [-0.25, -0.2) is 4.79 Å². The van der Waals surface area contributed by atoms with Gasteiger partial charge in [-0.15, -0.1) is 10.2 Å². The Labute approximate surface area is 108 Å². The second-order valence-electron chi connectivity index (χ2n) is 3.73. The summed E-state index contributed by atoms with van der Waals surface area (Å²) in [6, 6.07) is 3.84. The number of hydrogen-bond donors (Lipinski definition) is 2. The Morgan fingerprint density at radius 3 is 2.20 bits per heavy atom. The molecule has 1 heterocycles. The van der Waals surface area contributed by atoms with Crippen LogP contribution in [0.1, 0.15) is 16.1 Å². The lowest BCUT2D eigenvalue weighted by Gasteiger charge is -2.07. The largest absolute Gasteiger partial charge is 0.476 e. The first-order valence-corrected chi connectivity index (χ1v) is 5.17. The molecule has 0 aliphatic carbocycles. The summed E-state index contributed by atoms with van der Waals surface area (Å²) >= 11 is 0. The van der Waals surface area contributed by atoms with Gasteiger partial charge in [-0.3, -0.25) is 4.79 Å². The van der Waals surface area contributed by atoms with Gasteiger partial charge in [0.25, 0.3) is 5.56 Å². The molecule has 0 fully saturated rings. The number of halogens is 3. The van der Waals surface area contributed by atoms with Crippen LogP contribution in [0.25, 0.3) is 11.4 Å². The molecule has 0 radical (unpaired) electrons. The molecule has 0 aliphatic rings. The highest BCUT2D eigenvalue weighted by Crippen LogP contribution is 2.30. The van der Waals surface area contributed by atoms with Crippen LogP contribution < -0.4 is 5.56 Å². The third-order valence-electron chi connectivity index (χ3n) is 2.39. The normalized spacial score (nSPS) is 11.3. The minimum atomic E-state index is -4.47. The van der Waals surface area contributed by atoms with E-state index < -0.39 is 29.0 Å². The number of nitrogens with zero attached hydrogens (tertiary/aromatic N) is 2. The van der Waals surface area contributed by atoms with Crippen molar-refractivity contribution in [1.82, 2.24) is 15.2 Å². The standard InChI is InChI=1S/C11H6F3N3O3/c12-11(13,14)6-3-1-5(2-4-6)8-15-9(18)7(10(19)20)16-17-8/h1-4H,(H,19,20)(H,15,17,18). The Hall–Kier alpha value is -2.71. The maximum atomic E-state index is 12.4. The van der Waals surface area contributed by atoms with Gasteiger partial charge in [-0.05, 0) is 12.1 Å². The van der Waals surface area contributed by atoms with Crippen LogP contribution in [-0.4, -0.2) is 26.3 Å². The molecule has 0 spiro atoms. The number of carbonyl (C=O) groups is 1. The molecule has 0 saturated heterocycles. The molecule has 0 saturated carbocycles. The quantitative estimate of drug-likeness (QED) is 0.872. The average molecular weight is 285 g/mol. The van der Waals surface area contributed by atoms with Crippen LogP contribution in [0, 0.1) is 0 Å². The molecule has 1 aromatic carbocycles. The van der Waals surface area contributed by atoms with E-state index >= 15 is 0 Å². The second kappa shape index (κ2) is 4.76. The van der Waals surface area contributed by atoms with E-state index in [1.54, 1.807) is 0 Å². The van der Waals surface area contributed by atoms with Crippen molar-refractivity contribution in [3.63, 3.8) is 0 Å². The molecule has 104 valence electrons. The number of rotatable bonds is 2. The summed E-state index contributed by atoms with van der Waals surface area (Å²) in [6.07, 6.45) is -4.47. The number of carboxylic acids is 1. The van der Waals surface area contributed by atoms with Crippen LogP contribution in [-0.2, 0) is 6.18 Å². The van der Waals surface area contributed by atoms with Crippen molar-refractivity contribution < 1.29 is 23.1 Å². The highest BCUT2D eigenvalue weighted by Gasteiger charge is 2.30. The van der Waals surface area contributed by atoms with Gasteiger partial charge in [0.1, 0.15) is 0 Å². The minimum Gasteiger partial charge on any atom is -0.476 e. The number of benzene rings is 1. The Morgan fingerprint density at radius 2 is 1.75 bits per heavy atom. The van der Waals surface area contributed by atoms with Crippen LogP contribution >= 0.6 is 0 Å². The molecule has 2 N–H and O–H groups in total. The van der Waals surface area contributed by atoms with E-state index in [0.29, 0.717) is 0 Å². The predicted octanol–water partition coefficient (Wildman–Crippen LogP) is 1.55. The molecule has 2 rings (SSSR count). The number of aromatic carboxylic acids is 1. The van der Waals surface area contributed by atoms with Gasteiger partial charge in [-0.1, -0.05) is 12.1 Å². The van der Waals surface area contributed by atoms with Gasteiger partial charge >= 0.3 is 12.1 Å². The van der Waals surface area contributed by atoms with E-state index in [2.05, 4.69) is 15.2 Å². The molecule has 1 aromatic heterocycles. The minimum absolute atomic E-state index is 0.117. The third-order valence-corrected chi connectivity index (χ3v) is 2.39. The third kappa shape index (κ3) is 2.66. The fraction of sp³-hybridized carbons (Fsp3) is 0.0909. The Kier molecular flexibility index (Phi) is 3.26. The summed E-state index contributed by atoms with van der Waals surface area (Å²) < 4.78 is 37.1. The van der Waals surface area contributed by atoms with Crippen LogP contribution in [0.15, 0.2) is 29.1 Å². The van der Waals surface area contributed by atoms with E-state index in [0.717, 1.165) is 24.3 Å². The molecule has 0 aliphatic heterocycles. The lowest BCUT2D eigenvalue weighted by Crippen LogP contribution is -2.21. The summed E-state index contributed by atoms with van der Waals surface area (Å²) in [6.45, 7) is 0. The number of aromatic amines is 1. The summed E-state index contributed by atoms with van der Waals surface area (Å²) in [7, 11) is 0. The first kappa shape index (κ1) is 13.7. The summed E-state index contributed by atoms with van der Waals surface area (Å²) in [5, 5.41) is 15.3. The molecule has 2 aromatic rings. The maximum absolute atomic E-state index is 12.4. The number of nitrogens with one attached hydrogen (secondary N) is 1. The lowest BCUT2D eigenvalue weighted by molar-refractivity contribution is -0.137. The second-order valence-corrected chi connectivity index (χ2v) is 3.73. The zero-order valence-electron chi connectivity index (χ0n) is 9.60. The summed E-state index contributed by atoms with van der Waals surface area (Å²) in [5.41, 5.74) is -2.44. The number of hydrogen-bond acceptors (Lipinski definition) is 4. The fourth-order valence-electron chi connectivity index (χ4n) is 1.42. The van der Waals surface area contributed by atoms with E-state index in [1.807, 2.05) is 0 Å². The Balaban J connectivity index is 2.40. The molecule has 20 heavy (non-hydrogen) atoms. The van der Waals surface area contributed by atoms with Gasteiger partial charge in [0.05, 0.1) is 5.56 Å². The first-order valence-electron chi connectivity index (χ1n) is 5.17. The molecular weight excluding hydrogens is 279 g/mol. The van der Waals surface area contributed by atoms with Gasteiger partial charge < -0.3 is 10.1 Å². The Morgan fingerprint density at radius 1 is 1.15 bits per heavy atom. The number of H-pyrrole nitrogens is 1. The highest BCUT2D eigenvalue weighted by molar-refractivity contribution is 5.84. The zero-order valence-corrected chi connectivity index (χ0v) is 9.60. The summed E-state index contributed by atoms with van der Waals surface area (Å²) in [4.78, 5) is 24.1. The molecule has 0 unspecified atom stereocenters. The molecule has 6 nitrogen and oxygen atoms in total. The van der Waals surface area contributed by atoms with Crippen LogP contribution in [0.4, 0.5) is 13.2 Å². The monoisotopic (exact) mass is 285 g/mol. The highest BCUT2D eigenvalue weighted by atomic mass is 19.4. The van der Waals surface area contributed by atoms with Crippen molar-refractivity contribution in [3.8, 4) is 11.4 Å². The van der Waals surface area contributed by atoms with Crippen molar-refractivity contribution in [2.75, 3.05) is 0 Å². The summed E-state index contributed by atoms with van der Waals surface area (Å²) in [5.74, 6) is -1.66. The molecule has 0 amide bonds. The van der Waals surface area contributed by atoms with E-state index in [4.69, 9.17) is 5.11 Å². The average Bonchev–Trinajstić information content (AvgIpc) is 2.37. The number of carboxylic acid groups (broad SMARTS) is 1. The van der Waals surface area contributed by atoms with Crippen LogP contribution in [0.5, 0.6) is 0 Å². The SMILES string of the molecule is O=C(O)c1nnc(-c2ccc(C(F)(F)F)cc2)[nH]c1=O. The number of aromatic nitrogens is 3. The number of alkyl halides is 3. The molecule has 9 heteroatoms. The van der Waals surface area contributed by atoms with Crippen molar-refractivity contribution in [2.24, 2.45) is 0 Å². The van der Waals surface area contributed by atoms with E-state index in [9.17, 15) is 22.8 Å². The Bertz CT molecular complexity index is 707. The van der Waals surface area contributed by atoms with E-state index in [-0.39, 0.29) is 11.4 Å². The van der Waals surface area contributed by atoms with Gasteiger partial charge in [0.15, 0.2) is 5.82 Å². The van der Waals surface area contributed by atoms with Crippen molar-refractivity contribution in [2.45, 2.75) is 6.18 Å². The predicted molar refractivity (Wildman–Crippen MR) is 60.0 cm³/mol. The van der Waals surface area contributed by atoms with Crippen molar-refractivity contribution >= 4 is 5.97 Å². The maximum Gasteiger partial charge on any atom is 0.416 e. The van der Waals surface area contributed by atoms with Gasteiger partial charge in [0.2, 0.25) is 5.69 Å². The van der Waals surface area contributed by atoms with Crippen LogP contribution in [0.2, 0.25) is 0 Å². The topological polar surface area (TPSA) is 95.9 Å².